The summed E-state index contributed by atoms with van der Waals surface area (Å²) in [5, 5.41) is 9.35. The topological polar surface area (TPSA) is 49.5 Å². The molecule has 72 valence electrons. The molecule has 1 saturated heterocycles. The number of nitrogens with zero attached hydrogens (tertiary/aromatic N) is 1. The molecular weight excluding hydrogens is 152 g/mol. The molecule has 1 heterocycles. The lowest BCUT2D eigenvalue weighted by atomic mass is 9.92. The molecule has 0 radical (unpaired) electrons. The van der Waals surface area contributed by atoms with Crippen LogP contribution in [0.15, 0.2) is 0 Å². The molecule has 0 amide bonds. The highest BCUT2D eigenvalue weighted by atomic mass is 16.3. The second-order valence-electron chi connectivity index (χ2n) is 3.71. The van der Waals surface area contributed by atoms with Gasteiger partial charge in [0.15, 0.2) is 0 Å². The van der Waals surface area contributed by atoms with Crippen molar-refractivity contribution in [2.45, 2.75) is 25.9 Å². The predicted molar refractivity (Wildman–Crippen MR) is 49.9 cm³/mol. The SMILES string of the molecule is C[C@@H](O)C1CCN(CCN)CC1. The largest absolute Gasteiger partial charge is 0.393 e. The second-order valence-corrected chi connectivity index (χ2v) is 3.71. The molecule has 12 heavy (non-hydrogen) atoms. The van der Waals surface area contributed by atoms with Gasteiger partial charge in [-0.25, -0.2) is 0 Å². The lowest BCUT2D eigenvalue weighted by molar-refractivity contribution is 0.0729. The molecule has 0 spiro atoms. The van der Waals surface area contributed by atoms with E-state index in [0.29, 0.717) is 5.92 Å². The van der Waals surface area contributed by atoms with Gasteiger partial charge in [-0.2, -0.15) is 0 Å². The van der Waals surface area contributed by atoms with Crippen LogP contribution in [0.5, 0.6) is 0 Å². The lowest BCUT2D eigenvalue weighted by Gasteiger charge is -2.32. The molecule has 3 heteroatoms. The predicted octanol–water partition coefficient (Wildman–Crippen LogP) is 0.0379. The summed E-state index contributed by atoms with van der Waals surface area (Å²) in [6, 6.07) is 0. The van der Waals surface area contributed by atoms with E-state index in [1.54, 1.807) is 0 Å². The first-order chi connectivity index (χ1) is 5.74. The minimum absolute atomic E-state index is 0.134. The van der Waals surface area contributed by atoms with E-state index in [9.17, 15) is 5.11 Å². The smallest absolute Gasteiger partial charge is 0.0541 e. The standard InChI is InChI=1S/C9H20N2O/c1-8(12)9-2-5-11(6-3-9)7-4-10/h8-9,12H,2-7,10H2,1H3/t8-/m1/s1. The summed E-state index contributed by atoms with van der Waals surface area (Å²) in [4.78, 5) is 2.37. The fourth-order valence-corrected chi connectivity index (χ4v) is 1.84. The van der Waals surface area contributed by atoms with Gasteiger partial charge < -0.3 is 15.7 Å². The van der Waals surface area contributed by atoms with Crippen molar-refractivity contribution in [1.29, 1.82) is 0 Å². The number of hydrogen-bond acceptors (Lipinski definition) is 3. The van der Waals surface area contributed by atoms with Crippen LogP contribution in [0.25, 0.3) is 0 Å². The van der Waals surface area contributed by atoms with Gasteiger partial charge in [-0.15, -0.1) is 0 Å². The summed E-state index contributed by atoms with van der Waals surface area (Å²) in [5.41, 5.74) is 5.46. The average Bonchev–Trinajstić information content (AvgIpc) is 2.06. The van der Waals surface area contributed by atoms with Crippen molar-refractivity contribution in [2.24, 2.45) is 11.7 Å². The Balaban J connectivity index is 2.20. The van der Waals surface area contributed by atoms with Crippen molar-refractivity contribution in [3.8, 4) is 0 Å². The Hall–Kier alpha value is -0.120. The molecule has 1 aliphatic rings. The van der Waals surface area contributed by atoms with Crippen LogP contribution in [-0.2, 0) is 0 Å². The minimum atomic E-state index is -0.134. The van der Waals surface area contributed by atoms with Gasteiger partial charge in [0, 0.05) is 13.1 Å². The van der Waals surface area contributed by atoms with E-state index in [-0.39, 0.29) is 6.10 Å². The van der Waals surface area contributed by atoms with E-state index in [1.165, 1.54) is 0 Å². The average molecular weight is 172 g/mol. The molecule has 0 aromatic heterocycles. The molecule has 0 aliphatic carbocycles. The van der Waals surface area contributed by atoms with Gasteiger partial charge in [0.05, 0.1) is 6.10 Å². The van der Waals surface area contributed by atoms with Gasteiger partial charge in [-0.1, -0.05) is 0 Å². The minimum Gasteiger partial charge on any atom is -0.393 e. The molecule has 1 atom stereocenters. The van der Waals surface area contributed by atoms with Crippen molar-refractivity contribution < 1.29 is 5.11 Å². The third-order valence-electron chi connectivity index (χ3n) is 2.76. The van der Waals surface area contributed by atoms with Crippen LogP contribution < -0.4 is 5.73 Å². The number of hydrogen-bond donors (Lipinski definition) is 2. The first-order valence-electron chi connectivity index (χ1n) is 4.84. The van der Waals surface area contributed by atoms with Crippen molar-refractivity contribution in [1.82, 2.24) is 4.90 Å². The molecule has 0 saturated carbocycles. The summed E-state index contributed by atoms with van der Waals surface area (Å²) in [6.45, 7) is 5.86. The van der Waals surface area contributed by atoms with Crippen LogP contribution in [0.2, 0.25) is 0 Å². The first-order valence-corrected chi connectivity index (χ1v) is 4.84. The molecule has 1 fully saturated rings. The maximum absolute atomic E-state index is 9.35. The summed E-state index contributed by atoms with van der Waals surface area (Å²) >= 11 is 0. The van der Waals surface area contributed by atoms with Crippen LogP contribution in [0.4, 0.5) is 0 Å². The number of likely N-dealkylation sites (tertiary alicyclic amines) is 1. The van der Waals surface area contributed by atoms with Gasteiger partial charge in [-0.3, -0.25) is 0 Å². The van der Waals surface area contributed by atoms with Crippen LogP contribution in [0.1, 0.15) is 19.8 Å². The van der Waals surface area contributed by atoms with Crippen LogP contribution >= 0.6 is 0 Å². The number of aliphatic hydroxyl groups is 1. The molecule has 0 aromatic carbocycles. The highest BCUT2D eigenvalue weighted by molar-refractivity contribution is 4.75. The molecular formula is C9H20N2O. The third kappa shape index (κ3) is 2.73. The monoisotopic (exact) mass is 172 g/mol. The lowest BCUT2D eigenvalue weighted by Crippen LogP contribution is -2.39. The zero-order valence-electron chi connectivity index (χ0n) is 7.87. The Morgan fingerprint density at radius 1 is 1.50 bits per heavy atom. The van der Waals surface area contributed by atoms with E-state index >= 15 is 0 Å². The molecule has 3 N–H and O–H groups in total. The molecule has 1 rings (SSSR count). The Bertz CT molecular complexity index is 120. The molecule has 1 aliphatic heterocycles. The summed E-state index contributed by atoms with van der Waals surface area (Å²) in [5.74, 6) is 0.513. The Kier molecular flexibility index (Phi) is 3.98. The third-order valence-corrected chi connectivity index (χ3v) is 2.76. The Morgan fingerprint density at radius 2 is 2.08 bits per heavy atom. The number of nitrogens with two attached hydrogens (primary N) is 1. The van der Waals surface area contributed by atoms with Gasteiger partial charge in [-0.05, 0) is 38.8 Å². The van der Waals surface area contributed by atoms with E-state index < -0.39 is 0 Å². The van der Waals surface area contributed by atoms with Crippen molar-refractivity contribution in [2.75, 3.05) is 26.2 Å². The Labute approximate surface area is 74.5 Å². The highest BCUT2D eigenvalue weighted by Crippen LogP contribution is 2.19. The van der Waals surface area contributed by atoms with Crippen LogP contribution in [0.3, 0.4) is 0 Å². The fraction of sp³-hybridized carbons (Fsp3) is 1.00. The number of rotatable bonds is 3. The fourth-order valence-electron chi connectivity index (χ4n) is 1.84. The van der Waals surface area contributed by atoms with E-state index in [0.717, 1.165) is 39.0 Å². The normalized spacial score (nSPS) is 24.2. The maximum Gasteiger partial charge on any atom is 0.0541 e. The molecule has 0 bridgehead atoms. The summed E-state index contributed by atoms with van der Waals surface area (Å²) in [6.07, 6.45) is 2.11. The zero-order valence-corrected chi connectivity index (χ0v) is 7.87. The molecule has 0 aromatic rings. The summed E-state index contributed by atoms with van der Waals surface area (Å²) in [7, 11) is 0. The van der Waals surface area contributed by atoms with Crippen molar-refractivity contribution in [3.05, 3.63) is 0 Å². The van der Waals surface area contributed by atoms with Crippen molar-refractivity contribution >= 4 is 0 Å². The van der Waals surface area contributed by atoms with Gasteiger partial charge >= 0.3 is 0 Å². The van der Waals surface area contributed by atoms with Crippen LogP contribution in [-0.4, -0.2) is 42.3 Å². The van der Waals surface area contributed by atoms with Crippen LogP contribution in [0, 0.1) is 5.92 Å². The Morgan fingerprint density at radius 3 is 2.50 bits per heavy atom. The summed E-state index contributed by atoms with van der Waals surface area (Å²) < 4.78 is 0. The maximum atomic E-state index is 9.35. The van der Waals surface area contributed by atoms with E-state index in [1.807, 2.05) is 6.92 Å². The van der Waals surface area contributed by atoms with Gasteiger partial charge in [0.1, 0.15) is 0 Å². The van der Waals surface area contributed by atoms with E-state index in [2.05, 4.69) is 4.90 Å². The van der Waals surface area contributed by atoms with E-state index in [4.69, 9.17) is 5.73 Å². The highest BCUT2D eigenvalue weighted by Gasteiger charge is 2.21. The van der Waals surface area contributed by atoms with Gasteiger partial charge in [0.2, 0.25) is 0 Å². The number of piperidine rings is 1. The zero-order chi connectivity index (χ0) is 8.97. The molecule has 0 unspecified atom stereocenters. The van der Waals surface area contributed by atoms with Gasteiger partial charge in [0.25, 0.3) is 0 Å². The second kappa shape index (κ2) is 4.80. The quantitative estimate of drug-likeness (QED) is 0.632. The number of aliphatic hydroxyl groups excluding tert-OH is 1. The molecule has 3 nitrogen and oxygen atoms in total. The first kappa shape index (κ1) is 9.96. The van der Waals surface area contributed by atoms with Crippen molar-refractivity contribution in [3.63, 3.8) is 0 Å².